The number of aromatic nitrogens is 1. The summed E-state index contributed by atoms with van der Waals surface area (Å²) in [4.78, 5) is 5.83. The third kappa shape index (κ3) is 2.20. The van der Waals surface area contributed by atoms with Gasteiger partial charge in [-0.05, 0) is 43.6 Å². The van der Waals surface area contributed by atoms with Crippen molar-refractivity contribution < 1.29 is 0 Å². The average Bonchev–Trinajstić information content (AvgIpc) is 2.75. The van der Waals surface area contributed by atoms with E-state index in [2.05, 4.69) is 22.1 Å². The summed E-state index contributed by atoms with van der Waals surface area (Å²) >= 11 is 6.28. The summed E-state index contributed by atoms with van der Waals surface area (Å²) in [5.41, 5.74) is 2.47. The Labute approximate surface area is 107 Å². The molecule has 0 spiro atoms. The van der Waals surface area contributed by atoms with Crippen LogP contribution < -0.4 is 0 Å². The molecule has 1 aliphatic rings. The lowest BCUT2D eigenvalue weighted by Gasteiger charge is -2.26. The first-order chi connectivity index (χ1) is 8.34. The maximum absolute atomic E-state index is 6.28. The molecule has 2 aromatic rings. The van der Waals surface area contributed by atoms with Crippen molar-refractivity contribution in [3.8, 4) is 0 Å². The molecule has 0 radical (unpaired) electrons. The molecule has 0 bridgehead atoms. The molecule has 2 heterocycles. The van der Waals surface area contributed by atoms with E-state index in [4.69, 9.17) is 11.6 Å². The third-order valence-corrected chi connectivity index (χ3v) is 3.89. The Morgan fingerprint density at radius 3 is 2.82 bits per heavy atom. The van der Waals surface area contributed by atoms with Crippen LogP contribution in [0.2, 0.25) is 5.02 Å². The molecule has 1 N–H and O–H groups in total. The van der Waals surface area contributed by atoms with E-state index in [9.17, 15) is 0 Å². The van der Waals surface area contributed by atoms with Crippen molar-refractivity contribution in [2.75, 3.05) is 13.1 Å². The number of benzene rings is 1. The van der Waals surface area contributed by atoms with Gasteiger partial charge >= 0.3 is 0 Å². The fourth-order valence-electron chi connectivity index (χ4n) is 2.69. The summed E-state index contributed by atoms with van der Waals surface area (Å²) in [6.45, 7) is 3.46. The first kappa shape index (κ1) is 11.1. The first-order valence-electron chi connectivity index (χ1n) is 6.31. The van der Waals surface area contributed by atoms with Gasteiger partial charge in [-0.2, -0.15) is 0 Å². The van der Waals surface area contributed by atoms with Gasteiger partial charge in [-0.1, -0.05) is 24.1 Å². The number of rotatable bonds is 2. The SMILES string of the molecule is Clc1cccc2[nH]cc(CN3CCCCC3)c12. The van der Waals surface area contributed by atoms with Crippen LogP contribution in [0.4, 0.5) is 0 Å². The van der Waals surface area contributed by atoms with Crippen LogP contribution in [-0.4, -0.2) is 23.0 Å². The Hall–Kier alpha value is -0.990. The van der Waals surface area contributed by atoms with Gasteiger partial charge in [0.25, 0.3) is 0 Å². The second kappa shape index (κ2) is 4.71. The Bertz CT molecular complexity index is 512. The zero-order chi connectivity index (χ0) is 11.7. The predicted octanol–water partition coefficient (Wildman–Crippen LogP) is 3.81. The minimum absolute atomic E-state index is 0.857. The highest BCUT2D eigenvalue weighted by atomic mass is 35.5. The van der Waals surface area contributed by atoms with E-state index in [0.29, 0.717) is 0 Å². The normalized spacial score (nSPS) is 17.7. The number of nitrogens with zero attached hydrogens (tertiary/aromatic N) is 1. The summed E-state index contributed by atoms with van der Waals surface area (Å²) in [5, 5.41) is 2.05. The number of hydrogen-bond donors (Lipinski definition) is 1. The van der Waals surface area contributed by atoms with Crippen molar-refractivity contribution >= 4 is 22.5 Å². The van der Waals surface area contributed by atoms with Crippen LogP contribution in [0, 0.1) is 0 Å². The molecule has 2 nitrogen and oxygen atoms in total. The van der Waals surface area contributed by atoms with Gasteiger partial charge in [0.2, 0.25) is 0 Å². The summed E-state index contributed by atoms with van der Waals surface area (Å²) in [6.07, 6.45) is 6.14. The Balaban J connectivity index is 1.89. The molecule has 1 fully saturated rings. The minimum atomic E-state index is 0.857. The highest BCUT2D eigenvalue weighted by Crippen LogP contribution is 2.27. The van der Waals surface area contributed by atoms with Gasteiger partial charge in [0.1, 0.15) is 0 Å². The summed E-state index contributed by atoms with van der Waals surface area (Å²) in [7, 11) is 0. The minimum Gasteiger partial charge on any atom is -0.361 e. The van der Waals surface area contributed by atoms with Crippen molar-refractivity contribution in [1.29, 1.82) is 0 Å². The molecule has 0 saturated carbocycles. The van der Waals surface area contributed by atoms with Gasteiger partial charge < -0.3 is 4.98 Å². The van der Waals surface area contributed by atoms with Gasteiger partial charge in [0.05, 0.1) is 5.02 Å². The van der Waals surface area contributed by atoms with Crippen molar-refractivity contribution in [3.05, 3.63) is 35.0 Å². The summed E-state index contributed by atoms with van der Waals surface area (Å²) < 4.78 is 0. The molecular formula is C14H17ClN2. The third-order valence-electron chi connectivity index (χ3n) is 3.58. The predicted molar refractivity (Wildman–Crippen MR) is 72.4 cm³/mol. The number of aromatic amines is 1. The topological polar surface area (TPSA) is 19.0 Å². The number of halogens is 1. The number of H-pyrrole nitrogens is 1. The number of hydrogen-bond acceptors (Lipinski definition) is 1. The molecule has 0 unspecified atom stereocenters. The Morgan fingerprint density at radius 2 is 2.00 bits per heavy atom. The maximum atomic E-state index is 6.28. The van der Waals surface area contributed by atoms with Crippen LogP contribution >= 0.6 is 11.6 Å². The van der Waals surface area contributed by atoms with Crippen LogP contribution in [-0.2, 0) is 6.54 Å². The average molecular weight is 249 g/mol. The van der Waals surface area contributed by atoms with Crippen LogP contribution in [0.15, 0.2) is 24.4 Å². The fourth-order valence-corrected chi connectivity index (χ4v) is 2.99. The Morgan fingerprint density at radius 1 is 1.18 bits per heavy atom. The highest BCUT2D eigenvalue weighted by molar-refractivity contribution is 6.35. The van der Waals surface area contributed by atoms with Gasteiger partial charge in [0, 0.05) is 23.6 Å². The smallest absolute Gasteiger partial charge is 0.0503 e. The van der Waals surface area contributed by atoms with Crippen LogP contribution in [0.1, 0.15) is 24.8 Å². The maximum Gasteiger partial charge on any atom is 0.0503 e. The quantitative estimate of drug-likeness (QED) is 0.856. The zero-order valence-electron chi connectivity index (χ0n) is 9.88. The van der Waals surface area contributed by atoms with Crippen LogP contribution in [0.3, 0.4) is 0 Å². The van der Waals surface area contributed by atoms with E-state index in [1.54, 1.807) is 0 Å². The van der Waals surface area contributed by atoms with Gasteiger partial charge in [-0.3, -0.25) is 4.90 Å². The van der Waals surface area contributed by atoms with Crippen molar-refractivity contribution in [2.24, 2.45) is 0 Å². The highest BCUT2D eigenvalue weighted by Gasteiger charge is 2.13. The molecule has 1 aromatic carbocycles. The molecule has 0 aliphatic carbocycles. The fraction of sp³-hybridized carbons (Fsp3) is 0.429. The van der Waals surface area contributed by atoms with E-state index in [-0.39, 0.29) is 0 Å². The molecule has 17 heavy (non-hydrogen) atoms. The van der Waals surface area contributed by atoms with E-state index in [1.807, 2.05) is 12.1 Å². The van der Waals surface area contributed by atoms with Gasteiger partial charge in [-0.25, -0.2) is 0 Å². The van der Waals surface area contributed by atoms with Crippen molar-refractivity contribution in [3.63, 3.8) is 0 Å². The summed E-state index contributed by atoms with van der Waals surface area (Å²) in [6, 6.07) is 6.05. The second-order valence-electron chi connectivity index (χ2n) is 4.81. The lowest BCUT2D eigenvalue weighted by Crippen LogP contribution is -2.28. The lowest BCUT2D eigenvalue weighted by atomic mass is 10.1. The van der Waals surface area contributed by atoms with Gasteiger partial charge in [-0.15, -0.1) is 0 Å². The molecule has 1 aliphatic heterocycles. The number of nitrogens with one attached hydrogen (secondary N) is 1. The van der Waals surface area contributed by atoms with Crippen LogP contribution in [0.5, 0.6) is 0 Å². The number of fused-ring (bicyclic) bond motifs is 1. The summed E-state index contributed by atoms with van der Waals surface area (Å²) in [5.74, 6) is 0. The molecule has 1 aromatic heterocycles. The standard InChI is InChI=1S/C14H17ClN2/c15-12-5-4-6-13-14(12)11(9-16-13)10-17-7-2-1-3-8-17/h4-6,9,16H,1-3,7-8,10H2. The first-order valence-corrected chi connectivity index (χ1v) is 6.69. The largest absolute Gasteiger partial charge is 0.361 e. The molecule has 90 valence electrons. The monoisotopic (exact) mass is 248 g/mol. The van der Waals surface area contributed by atoms with Crippen molar-refractivity contribution in [1.82, 2.24) is 9.88 Å². The molecule has 0 atom stereocenters. The molecule has 1 saturated heterocycles. The molecule has 3 heteroatoms. The second-order valence-corrected chi connectivity index (χ2v) is 5.22. The number of piperidine rings is 1. The molecule has 3 rings (SSSR count). The van der Waals surface area contributed by atoms with E-state index in [1.165, 1.54) is 43.3 Å². The van der Waals surface area contributed by atoms with E-state index in [0.717, 1.165) is 17.1 Å². The van der Waals surface area contributed by atoms with Crippen LogP contribution in [0.25, 0.3) is 10.9 Å². The lowest BCUT2D eigenvalue weighted by molar-refractivity contribution is 0.221. The molecular weight excluding hydrogens is 232 g/mol. The van der Waals surface area contributed by atoms with Crippen molar-refractivity contribution in [2.45, 2.75) is 25.8 Å². The van der Waals surface area contributed by atoms with E-state index >= 15 is 0 Å². The molecule has 0 amide bonds. The van der Waals surface area contributed by atoms with E-state index < -0.39 is 0 Å². The number of likely N-dealkylation sites (tertiary alicyclic amines) is 1. The Kier molecular flexibility index (Phi) is 3.08. The zero-order valence-corrected chi connectivity index (χ0v) is 10.6. The van der Waals surface area contributed by atoms with Gasteiger partial charge in [0.15, 0.2) is 0 Å².